The molecule has 0 unspecified atom stereocenters. The van der Waals surface area contributed by atoms with E-state index in [-0.39, 0.29) is 57.9 Å². The number of aliphatic imine (C=N–C) groups is 1. The SMILES string of the molecule is CCCCCCCCCCCCCCCCCCC/C=C/C([O-])=NCCS(=O)(=O)O.[K+]. The largest absolute Gasteiger partial charge is 1.00 e. The second-order valence-corrected chi connectivity index (χ2v) is 9.93. The van der Waals surface area contributed by atoms with Crippen molar-refractivity contribution in [1.82, 2.24) is 0 Å². The molecule has 0 saturated heterocycles. The summed E-state index contributed by atoms with van der Waals surface area (Å²) in [4.78, 5) is 3.56. The van der Waals surface area contributed by atoms with Gasteiger partial charge in [0.25, 0.3) is 10.1 Å². The van der Waals surface area contributed by atoms with E-state index in [9.17, 15) is 13.5 Å². The van der Waals surface area contributed by atoms with Gasteiger partial charge in [-0.2, -0.15) is 8.42 Å². The number of allylic oxidation sites excluding steroid dienone is 1. The summed E-state index contributed by atoms with van der Waals surface area (Å²) in [5.41, 5.74) is 0. The summed E-state index contributed by atoms with van der Waals surface area (Å²) in [7, 11) is -4.04. The molecule has 0 aromatic rings. The van der Waals surface area contributed by atoms with Crippen LogP contribution in [-0.4, -0.2) is 31.2 Å². The zero-order valence-corrected chi connectivity index (χ0v) is 24.3. The van der Waals surface area contributed by atoms with Crippen molar-refractivity contribution in [2.45, 2.75) is 122 Å². The molecule has 0 amide bonds. The van der Waals surface area contributed by atoms with Crippen LogP contribution in [-0.2, 0) is 10.1 Å². The Balaban J connectivity index is 0. The third-order valence-electron chi connectivity index (χ3n) is 5.35. The first-order valence-corrected chi connectivity index (χ1v) is 13.9. The monoisotopic (exact) mass is 483 g/mol. The van der Waals surface area contributed by atoms with Crippen LogP contribution in [0.5, 0.6) is 0 Å². The number of hydrogen-bond acceptors (Lipinski definition) is 4. The van der Waals surface area contributed by atoms with E-state index in [1.165, 1.54) is 109 Å². The maximum absolute atomic E-state index is 11.4. The van der Waals surface area contributed by atoms with E-state index in [0.29, 0.717) is 0 Å². The average Bonchev–Trinajstić information content (AvgIpc) is 2.68. The van der Waals surface area contributed by atoms with Gasteiger partial charge in [0, 0.05) is 0 Å². The van der Waals surface area contributed by atoms with Crippen LogP contribution in [0.3, 0.4) is 0 Å². The Kier molecular flexibility index (Phi) is 27.8. The molecule has 0 spiro atoms. The molecule has 7 heteroatoms. The molecular weight excluding hydrogens is 437 g/mol. The maximum Gasteiger partial charge on any atom is 1.00 e. The Morgan fingerprint density at radius 3 is 1.55 bits per heavy atom. The van der Waals surface area contributed by atoms with Crippen molar-refractivity contribution >= 4 is 16.0 Å². The summed E-state index contributed by atoms with van der Waals surface area (Å²) in [6.45, 7) is 2.08. The van der Waals surface area contributed by atoms with E-state index >= 15 is 0 Å². The van der Waals surface area contributed by atoms with Gasteiger partial charge in [-0.15, -0.1) is 0 Å². The van der Waals surface area contributed by atoms with Crippen LogP contribution in [0.4, 0.5) is 0 Å². The molecule has 0 rings (SSSR count). The molecule has 0 aliphatic rings. The number of hydrogen-bond donors (Lipinski definition) is 1. The van der Waals surface area contributed by atoms with E-state index in [1.807, 2.05) is 0 Å². The summed E-state index contributed by atoms with van der Waals surface area (Å²) in [6.07, 6.45) is 27.0. The van der Waals surface area contributed by atoms with Crippen molar-refractivity contribution in [2.75, 3.05) is 12.3 Å². The van der Waals surface area contributed by atoms with E-state index in [0.717, 1.165) is 12.8 Å². The molecule has 0 fully saturated rings. The molecule has 0 aromatic carbocycles. The van der Waals surface area contributed by atoms with Crippen LogP contribution in [0.2, 0.25) is 0 Å². The van der Waals surface area contributed by atoms with Gasteiger partial charge in [0.1, 0.15) is 0 Å². The standard InChI is InChI=1S/C24H47NO4S.K/c1-2-3-4-5-6-7-8-9-10-11-12-13-14-15-16-17-18-19-20-21-24(26)25-22-23-30(27,28)29;/h20-21H,2-19,22-23H2,1H3,(H,25,26)(H,27,28,29);/q;+1/p-1/b21-20+;. The molecule has 0 bridgehead atoms. The van der Waals surface area contributed by atoms with Crippen LogP contribution in [0.15, 0.2) is 17.1 Å². The Morgan fingerprint density at radius 2 is 1.16 bits per heavy atom. The molecule has 31 heavy (non-hydrogen) atoms. The summed E-state index contributed by atoms with van der Waals surface area (Å²) in [5, 5.41) is 11.4. The average molecular weight is 484 g/mol. The van der Waals surface area contributed by atoms with Crippen LogP contribution in [0.25, 0.3) is 0 Å². The van der Waals surface area contributed by atoms with Crippen LogP contribution in [0.1, 0.15) is 122 Å². The van der Waals surface area contributed by atoms with Gasteiger partial charge in [-0.25, -0.2) is 0 Å². The zero-order valence-electron chi connectivity index (χ0n) is 20.3. The summed E-state index contributed by atoms with van der Waals surface area (Å²) in [5.74, 6) is -0.947. The van der Waals surface area contributed by atoms with Crippen molar-refractivity contribution in [3.8, 4) is 0 Å². The van der Waals surface area contributed by atoms with Gasteiger partial charge in [0.05, 0.1) is 12.3 Å². The Labute approximate surface area is 235 Å². The van der Waals surface area contributed by atoms with Crippen molar-refractivity contribution in [3.63, 3.8) is 0 Å². The van der Waals surface area contributed by atoms with E-state index in [2.05, 4.69) is 11.9 Å². The maximum atomic E-state index is 11.4. The topological polar surface area (TPSA) is 89.8 Å². The Morgan fingerprint density at radius 1 is 0.774 bits per heavy atom. The van der Waals surface area contributed by atoms with Gasteiger partial charge < -0.3 is 5.11 Å². The minimum absolute atomic E-state index is 0. The fourth-order valence-electron chi connectivity index (χ4n) is 3.50. The van der Waals surface area contributed by atoms with Gasteiger partial charge >= 0.3 is 51.4 Å². The van der Waals surface area contributed by atoms with Crippen molar-refractivity contribution in [1.29, 1.82) is 0 Å². The first-order chi connectivity index (χ1) is 14.5. The molecular formula is C24H46KNO4S. The van der Waals surface area contributed by atoms with Gasteiger partial charge in [0.2, 0.25) is 0 Å². The number of nitrogens with zero attached hydrogens (tertiary/aromatic N) is 1. The van der Waals surface area contributed by atoms with Crippen LogP contribution in [0, 0.1) is 0 Å². The minimum atomic E-state index is -4.04. The number of unbranched alkanes of at least 4 members (excludes halogenated alkanes) is 17. The van der Waals surface area contributed by atoms with E-state index in [4.69, 9.17) is 4.55 Å². The second kappa shape index (κ2) is 25.4. The van der Waals surface area contributed by atoms with Gasteiger partial charge in [-0.05, 0) is 18.7 Å². The molecule has 0 aliphatic carbocycles. The summed E-state index contributed by atoms with van der Waals surface area (Å²) >= 11 is 0. The quantitative estimate of drug-likeness (QED) is 0.0841. The zero-order chi connectivity index (χ0) is 22.3. The molecule has 0 radical (unpaired) electrons. The molecule has 0 atom stereocenters. The second-order valence-electron chi connectivity index (χ2n) is 8.35. The van der Waals surface area contributed by atoms with E-state index < -0.39 is 21.8 Å². The minimum Gasteiger partial charge on any atom is -0.859 e. The summed E-state index contributed by atoms with van der Waals surface area (Å²) < 4.78 is 29.6. The molecule has 1 N–H and O–H groups in total. The third-order valence-corrected chi connectivity index (χ3v) is 6.05. The normalized spacial score (nSPS) is 12.4. The Bertz CT molecular complexity index is 536. The third kappa shape index (κ3) is 30.8. The van der Waals surface area contributed by atoms with Crippen LogP contribution >= 0.6 is 0 Å². The van der Waals surface area contributed by atoms with Gasteiger partial charge in [0.15, 0.2) is 0 Å². The molecule has 0 heterocycles. The molecule has 0 aromatic heterocycles. The van der Waals surface area contributed by atoms with Gasteiger partial charge in [-0.3, -0.25) is 9.55 Å². The summed E-state index contributed by atoms with van der Waals surface area (Å²) in [6, 6.07) is 0. The predicted molar refractivity (Wildman–Crippen MR) is 127 cm³/mol. The van der Waals surface area contributed by atoms with Gasteiger partial charge in [-0.1, -0.05) is 122 Å². The number of rotatable bonds is 22. The van der Waals surface area contributed by atoms with Crippen molar-refractivity contribution in [2.24, 2.45) is 4.99 Å². The molecule has 178 valence electrons. The molecule has 0 saturated carbocycles. The molecule has 0 aliphatic heterocycles. The predicted octanol–water partition coefficient (Wildman–Crippen LogP) is 3.23. The van der Waals surface area contributed by atoms with E-state index in [1.54, 1.807) is 6.08 Å². The molecule has 5 nitrogen and oxygen atoms in total. The first-order valence-electron chi connectivity index (χ1n) is 12.3. The first kappa shape index (κ1) is 33.9. The smallest absolute Gasteiger partial charge is 0.859 e. The fraction of sp³-hybridized carbons (Fsp3) is 0.875. The fourth-order valence-corrected chi connectivity index (χ4v) is 3.82. The van der Waals surface area contributed by atoms with Crippen LogP contribution < -0.4 is 56.5 Å². The van der Waals surface area contributed by atoms with Crippen molar-refractivity contribution < 1.29 is 69.5 Å². The van der Waals surface area contributed by atoms with Crippen molar-refractivity contribution in [3.05, 3.63) is 12.2 Å². The Hall–Kier alpha value is 0.756.